The fourth-order valence-electron chi connectivity index (χ4n) is 1.77. The van der Waals surface area contributed by atoms with Gasteiger partial charge in [-0.25, -0.2) is 0 Å². The SMILES string of the molecule is CCCNC(=O)C1COCCN1CCC(N)=S. The highest BCUT2D eigenvalue weighted by molar-refractivity contribution is 7.80. The molecular formula is C11H21N3O2S. The van der Waals surface area contributed by atoms with Crippen LogP contribution in [0.1, 0.15) is 19.8 Å². The summed E-state index contributed by atoms with van der Waals surface area (Å²) in [6.07, 6.45) is 1.58. The van der Waals surface area contributed by atoms with E-state index < -0.39 is 0 Å². The second-order valence-electron chi connectivity index (χ2n) is 4.13. The summed E-state index contributed by atoms with van der Waals surface area (Å²) < 4.78 is 5.35. The maximum absolute atomic E-state index is 11.9. The number of nitrogens with two attached hydrogens (primary N) is 1. The Bertz CT molecular complexity index is 273. The molecule has 6 heteroatoms. The van der Waals surface area contributed by atoms with E-state index in [9.17, 15) is 4.79 Å². The molecule has 98 valence electrons. The zero-order valence-electron chi connectivity index (χ0n) is 10.3. The van der Waals surface area contributed by atoms with Crippen molar-refractivity contribution >= 4 is 23.1 Å². The normalized spacial score (nSPS) is 21.1. The van der Waals surface area contributed by atoms with Gasteiger partial charge in [-0.15, -0.1) is 0 Å². The summed E-state index contributed by atoms with van der Waals surface area (Å²) in [4.78, 5) is 14.5. The topological polar surface area (TPSA) is 67.6 Å². The molecule has 1 fully saturated rings. The number of amides is 1. The molecule has 1 amide bonds. The van der Waals surface area contributed by atoms with Crippen LogP contribution in [0.25, 0.3) is 0 Å². The van der Waals surface area contributed by atoms with Crippen molar-refractivity contribution in [3.05, 3.63) is 0 Å². The van der Waals surface area contributed by atoms with Crippen LogP contribution in [0.5, 0.6) is 0 Å². The fraction of sp³-hybridized carbons (Fsp3) is 0.818. The van der Waals surface area contributed by atoms with E-state index in [2.05, 4.69) is 10.2 Å². The average molecular weight is 259 g/mol. The average Bonchev–Trinajstić information content (AvgIpc) is 2.33. The zero-order valence-corrected chi connectivity index (χ0v) is 11.1. The van der Waals surface area contributed by atoms with Gasteiger partial charge in [0.15, 0.2) is 0 Å². The first-order valence-corrected chi connectivity index (χ1v) is 6.43. The van der Waals surface area contributed by atoms with Crippen LogP contribution in [0.2, 0.25) is 0 Å². The number of nitrogens with one attached hydrogen (secondary N) is 1. The highest BCUT2D eigenvalue weighted by Crippen LogP contribution is 2.08. The van der Waals surface area contributed by atoms with E-state index in [0.29, 0.717) is 31.2 Å². The molecule has 1 aliphatic heterocycles. The molecule has 0 aliphatic carbocycles. The number of hydrogen-bond acceptors (Lipinski definition) is 4. The maximum Gasteiger partial charge on any atom is 0.239 e. The van der Waals surface area contributed by atoms with Crippen molar-refractivity contribution in [2.24, 2.45) is 5.73 Å². The number of carbonyl (C=O) groups excluding carboxylic acids is 1. The predicted octanol–water partition coefficient (Wildman–Crippen LogP) is -0.110. The Balaban J connectivity index is 2.46. The first-order valence-electron chi connectivity index (χ1n) is 6.03. The molecule has 0 bridgehead atoms. The van der Waals surface area contributed by atoms with Crippen LogP contribution in [0, 0.1) is 0 Å². The molecule has 0 spiro atoms. The highest BCUT2D eigenvalue weighted by Gasteiger charge is 2.28. The Kier molecular flexibility index (Phi) is 6.39. The molecule has 1 aliphatic rings. The summed E-state index contributed by atoms with van der Waals surface area (Å²) in [6.45, 7) is 5.33. The predicted molar refractivity (Wildman–Crippen MR) is 70.9 cm³/mol. The van der Waals surface area contributed by atoms with E-state index in [4.69, 9.17) is 22.7 Å². The molecule has 17 heavy (non-hydrogen) atoms. The minimum Gasteiger partial charge on any atom is -0.393 e. The summed E-state index contributed by atoms with van der Waals surface area (Å²) >= 11 is 4.86. The summed E-state index contributed by atoms with van der Waals surface area (Å²) in [7, 11) is 0. The van der Waals surface area contributed by atoms with E-state index in [1.54, 1.807) is 0 Å². The van der Waals surface area contributed by atoms with Gasteiger partial charge in [-0.1, -0.05) is 19.1 Å². The van der Waals surface area contributed by atoms with Gasteiger partial charge in [-0.2, -0.15) is 0 Å². The van der Waals surface area contributed by atoms with Gasteiger partial charge in [-0.05, 0) is 6.42 Å². The molecule has 0 saturated carbocycles. The number of ether oxygens (including phenoxy) is 1. The van der Waals surface area contributed by atoms with Crippen LogP contribution in [0.3, 0.4) is 0 Å². The van der Waals surface area contributed by atoms with Crippen molar-refractivity contribution in [3.63, 3.8) is 0 Å². The highest BCUT2D eigenvalue weighted by atomic mass is 32.1. The van der Waals surface area contributed by atoms with Crippen molar-refractivity contribution in [3.8, 4) is 0 Å². The Morgan fingerprint density at radius 1 is 1.65 bits per heavy atom. The lowest BCUT2D eigenvalue weighted by Gasteiger charge is -2.34. The van der Waals surface area contributed by atoms with E-state index in [1.165, 1.54) is 0 Å². The Morgan fingerprint density at radius 3 is 3.06 bits per heavy atom. The lowest BCUT2D eigenvalue weighted by Crippen LogP contribution is -2.54. The van der Waals surface area contributed by atoms with Crippen molar-refractivity contribution in [2.45, 2.75) is 25.8 Å². The molecule has 1 unspecified atom stereocenters. The largest absolute Gasteiger partial charge is 0.393 e. The second-order valence-corrected chi connectivity index (χ2v) is 4.66. The third-order valence-corrected chi connectivity index (χ3v) is 2.94. The fourth-order valence-corrected chi connectivity index (χ4v) is 1.86. The van der Waals surface area contributed by atoms with Crippen LogP contribution in [-0.4, -0.2) is 54.7 Å². The first kappa shape index (κ1) is 14.3. The number of carbonyl (C=O) groups is 1. The number of hydrogen-bond donors (Lipinski definition) is 2. The molecule has 1 rings (SSSR count). The molecule has 1 heterocycles. The zero-order chi connectivity index (χ0) is 12.7. The molecule has 1 atom stereocenters. The second kappa shape index (κ2) is 7.58. The molecule has 5 nitrogen and oxygen atoms in total. The van der Waals surface area contributed by atoms with Crippen LogP contribution in [0.4, 0.5) is 0 Å². The maximum atomic E-state index is 11.9. The Hall–Kier alpha value is -0.720. The van der Waals surface area contributed by atoms with Gasteiger partial charge < -0.3 is 15.8 Å². The van der Waals surface area contributed by atoms with Crippen molar-refractivity contribution in [2.75, 3.05) is 32.8 Å². The van der Waals surface area contributed by atoms with E-state index in [1.807, 2.05) is 6.92 Å². The number of morpholine rings is 1. The van der Waals surface area contributed by atoms with Crippen LogP contribution >= 0.6 is 12.2 Å². The van der Waals surface area contributed by atoms with Crippen molar-refractivity contribution in [1.29, 1.82) is 0 Å². The third-order valence-electron chi connectivity index (χ3n) is 2.74. The molecule has 3 N–H and O–H groups in total. The first-order chi connectivity index (χ1) is 8.15. The van der Waals surface area contributed by atoms with Crippen molar-refractivity contribution < 1.29 is 9.53 Å². The summed E-state index contributed by atoms with van der Waals surface area (Å²) in [6, 6.07) is -0.204. The van der Waals surface area contributed by atoms with E-state index >= 15 is 0 Å². The molecule has 0 aromatic rings. The van der Waals surface area contributed by atoms with Gasteiger partial charge in [0, 0.05) is 26.1 Å². The van der Waals surface area contributed by atoms with Gasteiger partial charge >= 0.3 is 0 Å². The van der Waals surface area contributed by atoms with Crippen LogP contribution in [0.15, 0.2) is 0 Å². The number of rotatable bonds is 6. The van der Waals surface area contributed by atoms with Gasteiger partial charge in [0.05, 0.1) is 18.2 Å². The van der Waals surface area contributed by atoms with Crippen molar-refractivity contribution in [1.82, 2.24) is 10.2 Å². The summed E-state index contributed by atoms with van der Waals surface area (Å²) in [5, 5.41) is 2.89. The minimum absolute atomic E-state index is 0.0366. The van der Waals surface area contributed by atoms with Crippen LogP contribution < -0.4 is 11.1 Å². The lowest BCUT2D eigenvalue weighted by atomic mass is 10.2. The molecule has 0 aromatic carbocycles. The smallest absolute Gasteiger partial charge is 0.239 e. The van der Waals surface area contributed by atoms with Gasteiger partial charge in [0.2, 0.25) is 5.91 Å². The quantitative estimate of drug-likeness (QED) is 0.652. The third kappa shape index (κ3) is 4.97. The van der Waals surface area contributed by atoms with Gasteiger partial charge in [-0.3, -0.25) is 9.69 Å². The standard InChI is InChI=1S/C11H21N3O2S/c1-2-4-13-11(15)9-8-16-7-6-14(9)5-3-10(12)17/h9H,2-8H2,1H3,(H2,12,17)(H,13,15). The molecule has 1 saturated heterocycles. The summed E-state index contributed by atoms with van der Waals surface area (Å²) in [5.41, 5.74) is 5.48. The monoisotopic (exact) mass is 259 g/mol. The van der Waals surface area contributed by atoms with Crippen LogP contribution in [-0.2, 0) is 9.53 Å². The summed E-state index contributed by atoms with van der Waals surface area (Å²) in [5.74, 6) is 0.0366. The minimum atomic E-state index is -0.204. The molecule has 0 radical (unpaired) electrons. The van der Waals surface area contributed by atoms with Gasteiger partial charge in [0.25, 0.3) is 0 Å². The Labute approximate surface area is 108 Å². The lowest BCUT2D eigenvalue weighted by molar-refractivity contribution is -0.132. The van der Waals surface area contributed by atoms with E-state index in [-0.39, 0.29) is 11.9 Å². The van der Waals surface area contributed by atoms with Gasteiger partial charge in [0.1, 0.15) is 6.04 Å². The molecular weight excluding hydrogens is 238 g/mol. The Morgan fingerprint density at radius 2 is 2.41 bits per heavy atom. The molecule has 0 aromatic heterocycles. The van der Waals surface area contributed by atoms with E-state index in [0.717, 1.165) is 19.5 Å². The number of nitrogens with zero attached hydrogens (tertiary/aromatic N) is 1. The number of thiocarbonyl (C=S) groups is 1.